The summed E-state index contributed by atoms with van der Waals surface area (Å²) in [4.78, 5) is 19.1. The van der Waals surface area contributed by atoms with Gasteiger partial charge in [0, 0.05) is 24.2 Å². The third kappa shape index (κ3) is 5.52. The zero-order valence-electron chi connectivity index (χ0n) is 15.2. The summed E-state index contributed by atoms with van der Waals surface area (Å²) in [6, 6.07) is 7.41. The van der Waals surface area contributed by atoms with E-state index in [2.05, 4.69) is 29.0 Å². The number of amides is 1. The summed E-state index contributed by atoms with van der Waals surface area (Å²) in [5, 5.41) is 5.65. The van der Waals surface area contributed by atoms with E-state index >= 15 is 0 Å². The van der Waals surface area contributed by atoms with Gasteiger partial charge in [0.2, 0.25) is 0 Å². The van der Waals surface area contributed by atoms with Crippen molar-refractivity contribution in [2.24, 2.45) is 5.92 Å². The number of benzene rings is 1. The van der Waals surface area contributed by atoms with Gasteiger partial charge in [-0.15, -0.1) is 11.3 Å². The van der Waals surface area contributed by atoms with Crippen molar-refractivity contribution < 1.29 is 14.3 Å². The van der Waals surface area contributed by atoms with Gasteiger partial charge < -0.3 is 14.8 Å². The Balaban J connectivity index is 1.53. The van der Waals surface area contributed by atoms with Crippen LogP contribution in [0.5, 0.6) is 5.75 Å². The smallest absolute Gasteiger partial charge is 0.275 e. The van der Waals surface area contributed by atoms with E-state index in [0.29, 0.717) is 18.2 Å². The molecular weight excluding hydrogens is 350 g/mol. The highest BCUT2D eigenvalue weighted by molar-refractivity contribution is 7.09. The van der Waals surface area contributed by atoms with E-state index in [1.807, 2.05) is 29.6 Å². The van der Waals surface area contributed by atoms with E-state index in [4.69, 9.17) is 9.47 Å². The van der Waals surface area contributed by atoms with Gasteiger partial charge in [0.05, 0.1) is 26.4 Å². The molecule has 1 aliphatic heterocycles. The van der Waals surface area contributed by atoms with Crippen LogP contribution < -0.4 is 10.1 Å². The number of hydrogen-bond donors (Lipinski definition) is 1. The maximum absolute atomic E-state index is 12.4. The second kappa shape index (κ2) is 9.12. The lowest BCUT2D eigenvalue weighted by atomic mass is 10.2. The van der Waals surface area contributed by atoms with Crippen molar-refractivity contribution in [3.05, 3.63) is 40.3 Å². The monoisotopic (exact) mass is 375 g/mol. The van der Waals surface area contributed by atoms with E-state index in [1.54, 1.807) is 0 Å². The average molecular weight is 375 g/mol. The molecule has 0 atom stereocenters. The van der Waals surface area contributed by atoms with Crippen molar-refractivity contribution in [2.45, 2.75) is 20.4 Å². The number of carbonyl (C=O) groups excluding carboxylic acids is 1. The number of aromatic nitrogens is 1. The molecule has 3 rings (SSSR count). The number of thiazole rings is 1. The maximum Gasteiger partial charge on any atom is 0.275 e. The fourth-order valence-electron chi connectivity index (χ4n) is 2.53. The molecule has 1 aromatic heterocycles. The predicted molar refractivity (Wildman–Crippen MR) is 103 cm³/mol. The van der Waals surface area contributed by atoms with Crippen LogP contribution in [0.1, 0.15) is 29.3 Å². The van der Waals surface area contributed by atoms with E-state index in [9.17, 15) is 4.79 Å². The highest BCUT2D eigenvalue weighted by Gasteiger charge is 2.15. The minimum absolute atomic E-state index is 0.190. The molecule has 6 nitrogen and oxygen atoms in total. The highest BCUT2D eigenvalue weighted by atomic mass is 32.1. The Bertz CT molecular complexity index is 709. The van der Waals surface area contributed by atoms with Gasteiger partial charge in [0.1, 0.15) is 16.5 Å². The van der Waals surface area contributed by atoms with E-state index in [-0.39, 0.29) is 5.91 Å². The number of carbonyl (C=O) groups is 1. The lowest BCUT2D eigenvalue weighted by Gasteiger charge is -2.25. The first-order valence-electron chi connectivity index (χ1n) is 8.89. The van der Waals surface area contributed by atoms with Gasteiger partial charge >= 0.3 is 0 Å². The summed E-state index contributed by atoms with van der Waals surface area (Å²) < 4.78 is 11.0. The van der Waals surface area contributed by atoms with E-state index < -0.39 is 0 Å². The molecule has 140 valence electrons. The molecule has 1 fully saturated rings. The molecular formula is C19H25N3O3S. The molecule has 0 bridgehead atoms. The number of anilines is 1. The minimum atomic E-state index is -0.190. The van der Waals surface area contributed by atoms with Crippen LogP contribution in [0.15, 0.2) is 29.6 Å². The molecule has 0 spiro atoms. The molecule has 2 aromatic rings. The molecule has 1 N–H and O–H groups in total. The van der Waals surface area contributed by atoms with Crippen LogP contribution in [0, 0.1) is 5.92 Å². The normalized spacial score (nSPS) is 15.2. The Morgan fingerprint density at radius 3 is 2.73 bits per heavy atom. The first-order valence-corrected chi connectivity index (χ1v) is 9.77. The Labute approximate surface area is 158 Å². The molecule has 0 radical (unpaired) electrons. The zero-order chi connectivity index (χ0) is 18.4. The lowest BCUT2D eigenvalue weighted by molar-refractivity contribution is 0.0341. The molecule has 2 heterocycles. The van der Waals surface area contributed by atoms with Crippen molar-refractivity contribution >= 4 is 22.9 Å². The second-order valence-electron chi connectivity index (χ2n) is 6.70. The molecule has 1 aromatic carbocycles. The van der Waals surface area contributed by atoms with Gasteiger partial charge in [0.25, 0.3) is 5.91 Å². The standard InChI is InChI=1S/C19H25N3O3S/c1-14(2)12-25-16-5-3-15(4-6-16)20-19(23)17-13-26-18(21-17)11-22-7-9-24-10-8-22/h3-6,13-14H,7-12H2,1-2H3,(H,20,23). The summed E-state index contributed by atoms with van der Waals surface area (Å²) in [5.41, 5.74) is 1.19. The molecule has 1 amide bonds. The average Bonchev–Trinajstić information content (AvgIpc) is 3.10. The Kier molecular flexibility index (Phi) is 6.60. The lowest BCUT2D eigenvalue weighted by Crippen LogP contribution is -2.35. The Morgan fingerprint density at radius 2 is 2.04 bits per heavy atom. The summed E-state index contributed by atoms with van der Waals surface area (Å²) in [5.74, 6) is 1.09. The van der Waals surface area contributed by atoms with Gasteiger partial charge in [-0.2, -0.15) is 0 Å². The van der Waals surface area contributed by atoms with Gasteiger partial charge in [0.15, 0.2) is 0 Å². The van der Waals surface area contributed by atoms with Crippen molar-refractivity contribution in [3.8, 4) is 5.75 Å². The minimum Gasteiger partial charge on any atom is -0.493 e. The van der Waals surface area contributed by atoms with Crippen LogP contribution in [0.2, 0.25) is 0 Å². The van der Waals surface area contributed by atoms with E-state index in [0.717, 1.165) is 49.3 Å². The van der Waals surface area contributed by atoms with Crippen LogP contribution in [0.4, 0.5) is 5.69 Å². The fraction of sp³-hybridized carbons (Fsp3) is 0.474. The van der Waals surface area contributed by atoms with Gasteiger partial charge in [-0.1, -0.05) is 13.8 Å². The molecule has 0 aliphatic carbocycles. The zero-order valence-corrected chi connectivity index (χ0v) is 16.1. The number of morpholine rings is 1. The van der Waals surface area contributed by atoms with Crippen LogP contribution in [0.25, 0.3) is 0 Å². The summed E-state index contributed by atoms with van der Waals surface area (Å²) in [6.45, 7) is 9.00. The number of nitrogens with one attached hydrogen (secondary N) is 1. The molecule has 0 saturated carbocycles. The molecule has 1 aliphatic rings. The fourth-order valence-corrected chi connectivity index (χ4v) is 3.35. The second-order valence-corrected chi connectivity index (χ2v) is 7.64. The van der Waals surface area contributed by atoms with Crippen molar-refractivity contribution in [1.29, 1.82) is 0 Å². The summed E-state index contributed by atoms with van der Waals surface area (Å²) >= 11 is 1.52. The number of ether oxygens (including phenoxy) is 2. The number of hydrogen-bond acceptors (Lipinski definition) is 6. The van der Waals surface area contributed by atoms with E-state index in [1.165, 1.54) is 11.3 Å². The highest BCUT2D eigenvalue weighted by Crippen LogP contribution is 2.18. The third-order valence-corrected chi connectivity index (χ3v) is 4.78. The maximum atomic E-state index is 12.4. The largest absolute Gasteiger partial charge is 0.493 e. The molecule has 0 unspecified atom stereocenters. The molecule has 7 heteroatoms. The number of nitrogens with zero attached hydrogens (tertiary/aromatic N) is 2. The van der Waals surface area contributed by atoms with Crippen molar-refractivity contribution in [2.75, 3.05) is 38.2 Å². The summed E-state index contributed by atoms with van der Waals surface area (Å²) in [6.07, 6.45) is 0. The molecule has 26 heavy (non-hydrogen) atoms. The topological polar surface area (TPSA) is 63.7 Å². The van der Waals surface area contributed by atoms with Gasteiger partial charge in [-0.25, -0.2) is 4.98 Å². The molecule has 1 saturated heterocycles. The quantitative estimate of drug-likeness (QED) is 0.805. The van der Waals surface area contributed by atoms with Crippen molar-refractivity contribution in [3.63, 3.8) is 0 Å². The third-order valence-electron chi connectivity index (χ3n) is 3.94. The van der Waals surface area contributed by atoms with Crippen LogP contribution in [-0.2, 0) is 11.3 Å². The first kappa shape index (κ1) is 18.8. The Hall–Kier alpha value is -1.96. The summed E-state index contributed by atoms with van der Waals surface area (Å²) in [7, 11) is 0. The van der Waals surface area contributed by atoms with Crippen LogP contribution in [-0.4, -0.2) is 48.7 Å². The van der Waals surface area contributed by atoms with Gasteiger partial charge in [-0.05, 0) is 30.2 Å². The first-order chi connectivity index (χ1) is 12.6. The van der Waals surface area contributed by atoms with Crippen LogP contribution in [0.3, 0.4) is 0 Å². The Morgan fingerprint density at radius 1 is 1.31 bits per heavy atom. The number of rotatable bonds is 7. The predicted octanol–water partition coefficient (Wildman–Crippen LogP) is 3.26. The van der Waals surface area contributed by atoms with Gasteiger partial charge in [-0.3, -0.25) is 9.69 Å². The SMILES string of the molecule is CC(C)COc1ccc(NC(=O)c2csc(CN3CCOCC3)n2)cc1. The van der Waals surface area contributed by atoms with Crippen molar-refractivity contribution in [1.82, 2.24) is 9.88 Å². The van der Waals surface area contributed by atoms with Crippen LogP contribution >= 0.6 is 11.3 Å².